The average molecular weight is 342 g/mol. The van der Waals surface area contributed by atoms with Crippen molar-refractivity contribution in [3.63, 3.8) is 0 Å². The topological polar surface area (TPSA) is 94.8 Å². The zero-order valence-corrected chi connectivity index (χ0v) is 13.3. The van der Waals surface area contributed by atoms with Gasteiger partial charge in [0.25, 0.3) is 0 Å². The van der Waals surface area contributed by atoms with Crippen LogP contribution in [0, 0.1) is 0 Å². The molecule has 0 saturated carbocycles. The first-order valence-corrected chi connectivity index (χ1v) is 5.78. The van der Waals surface area contributed by atoms with Crippen molar-refractivity contribution in [3.8, 4) is 0 Å². The van der Waals surface area contributed by atoms with E-state index < -0.39 is 0 Å². The summed E-state index contributed by atoms with van der Waals surface area (Å²) in [7, 11) is 0. The van der Waals surface area contributed by atoms with Gasteiger partial charge in [0.1, 0.15) is 0 Å². The normalized spacial score (nSPS) is 10.0. The second-order valence-corrected chi connectivity index (χ2v) is 3.69. The van der Waals surface area contributed by atoms with E-state index in [4.69, 9.17) is 15.3 Å². The molecule has 0 aliphatic heterocycles. The van der Waals surface area contributed by atoms with Crippen LogP contribution in [0.15, 0.2) is 23.7 Å². The van der Waals surface area contributed by atoms with Crippen molar-refractivity contribution in [3.05, 3.63) is 23.7 Å². The predicted octanol–water partition coefficient (Wildman–Crippen LogP) is 1.98. The monoisotopic (exact) mass is 341 g/mol. The van der Waals surface area contributed by atoms with Gasteiger partial charge in [0.15, 0.2) is 11.6 Å². The molecule has 1 radical (unpaired) electrons. The number of hydrogen-bond acceptors (Lipinski definition) is 6. The van der Waals surface area contributed by atoms with E-state index >= 15 is 0 Å². The van der Waals surface area contributed by atoms with E-state index in [1.54, 1.807) is 0 Å². The Hall–Kier alpha value is -0.751. The smallest absolute Gasteiger partial charge is 0.155 e. The second-order valence-electron chi connectivity index (χ2n) is 3.24. The minimum Gasteiger partial charge on any atom is -0.512 e. The standard InChI is InChI=1S/2C5H8O2.C2H6OS.Cu/c2*1-4(6)3-5(2)7;3-1-2-4;/h2*3,6H,1-2H3;3-4H,1-2H2;. The number of carbonyl (C=O) groups excluding carboxylic acids is 2. The predicted molar refractivity (Wildman–Crippen MR) is 75.1 cm³/mol. The number of aliphatic hydroxyl groups excluding tert-OH is 3. The van der Waals surface area contributed by atoms with Crippen molar-refractivity contribution in [1.82, 2.24) is 0 Å². The summed E-state index contributed by atoms with van der Waals surface area (Å²) in [6, 6.07) is 0. The van der Waals surface area contributed by atoms with Crippen molar-refractivity contribution < 1.29 is 42.0 Å². The van der Waals surface area contributed by atoms with E-state index in [1.165, 1.54) is 39.8 Å². The fourth-order valence-corrected chi connectivity index (χ4v) is 0.588. The van der Waals surface area contributed by atoms with Gasteiger partial charge in [0.05, 0.1) is 18.1 Å². The molecule has 0 rings (SSSR count). The second kappa shape index (κ2) is 19.6. The molecule has 0 fully saturated rings. The molecule has 0 aliphatic rings. The van der Waals surface area contributed by atoms with Crippen LogP contribution >= 0.6 is 12.6 Å². The molecule has 0 amide bonds. The summed E-state index contributed by atoms with van der Waals surface area (Å²) in [6.45, 7) is 5.88. The fourth-order valence-electron chi connectivity index (χ4n) is 0.588. The van der Waals surface area contributed by atoms with Crippen LogP contribution in [0.4, 0.5) is 0 Å². The van der Waals surface area contributed by atoms with Crippen LogP contribution in [0.1, 0.15) is 27.7 Å². The third kappa shape index (κ3) is 58.9. The number of thiol groups is 1. The van der Waals surface area contributed by atoms with Gasteiger partial charge >= 0.3 is 0 Å². The summed E-state index contributed by atoms with van der Waals surface area (Å²) < 4.78 is 0. The maximum atomic E-state index is 10.0. The zero-order valence-electron chi connectivity index (χ0n) is 11.5. The molecule has 0 aromatic rings. The maximum absolute atomic E-state index is 10.0. The number of aliphatic hydroxyl groups is 3. The molecule has 19 heavy (non-hydrogen) atoms. The first-order valence-electron chi connectivity index (χ1n) is 5.14. The molecule has 0 aromatic carbocycles. The number of hydrogen-bond donors (Lipinski definition) is 4. The Morgan fingerprint density at radius 2 is 1.16 bits per heavy atom. The zero-order chi connectivity index (χ0) is 15.1. The Morgan fingerprint density at radius 3 is 1.16 bits per heavy atom. The van der Waals surface area contributed by atoms with Crippen LogP contribution in [-0.2, 0) is 26.7 Å². The molecule has 0 saturated heterocycles. The Balaban J connectivity index is -0.0000000900. The van der Waals surface area contributed by atoms with Crippen LogP contribution in [0.25, 0.3) is 0 Å². The third-order valence-electron chi connectivity index (χ3n) is 0.924. The average Bonchev–Trinajstić information content (AvgIpc) is 2.14. The van der Waals surface area contributed by atoms with E-state index in [1.807, 2.05) is 0 Å². The summed E-state index contributed by atoms with van der Waals surface area (Å²) >= 11 is 3.67. The van der Waals surface area contributed by atoms with E-state index in [-0.39, 0.29) is 46.8 Å². The quantitative estimate of drug-likeness (QED) is 0.272. The van der Waals surface area contributed by atoms with E-state index in [0.29, 0.717) is 5.75 Å². The third-order valence-corrected chi connectivity index (χ3v) is 1.12. The molecule has 0 bridgehead atoms. The summed E-state index contributed by atoms with van der Waals surface area (Å²) in [5.41, 5.74) is 0. The minimum absolute atomic E-state index is 0. The first kappa shape index (κ1) is 26.7. The number of ketones is 2. The van der Waals surface area contributed by atoms with Gasteiger partial charge in [-0.25, -0.2) is 0 Å². The van der Waals surface area contributed by atoms with Crippen molar-refractivity contribution in [2.45, 2.75) is 27.7 Å². The Labute approximate surface area is 130 Å². The Morgan fingerprint density at radius 1 is 0.947 bits per heavy atom. The maximum Gasteiger partial charge on any atom is 0.155 e. The Bertz CT molecular complexity index is 262. The van der Waals surface area contributed by atoms with Gasteiger partial charge in [-0.15, -0.1) is 0 Å². The van der Waals surface area contributed by atoms with E-state index in [2.05, 4.69) is 12.6 Å². The summed E-state index contributed by atoms with van der Waals surface area (Å²) in [6.07, 6.45) is 2.33. The summed E-state index contributed by atoms with van der Waals surface area (Å²) in [5, 5.41) is 24.5. The molecule has 0 unspecified atom stereocenters. The molecule has 117 valence electrons. The van der Waals surface area contributed by atoms with Gasteiger partial charge in [-0.05, 0) is 27.7 Å². The molecule has 0 heterocycles. The van der Waals surface area contributed by atoms with Crippen LogP contribution in [0.2, 0.25) is 0 Å². The number of carbonyl (C=O) groups is 2. The molecule has 7 heteroatoms. The van der Waals surface area contributed by atoms with Gasteiger partial charge in [-0.3, -0.25) is 9.59 Å². The van der Waals surface area contributed by atoms with Gasteiger partial charge in [-0.1, -0.05) is 0 Å². The van der Waals surface area contributed by atoms with E-state index in [0.717, 1.165) is 0 Å². The SMILES string of the molecule is CC(=O)C=C(C)O.CC(=O)C=C(C)O.OCCS.[Cu]. The Kier molecular flexibility index (Phi) is 27.6. The van der Waals surface area contributed by atoms with Gasteiger partial charge in [0, 0.05) is 35.0 Å². The van der Waals surface area contributed by atoms with Gasteiger partial charge < -0.3 is 15.3 Å². The summed E-state index contributed by atoms with van der Waals surface area (Å²) in [5.74, 6) is 0.444. The number of allylic oxidation sites excluding steroid dienone is 4. The number of rotatable bonds is 3. The van der Waals surface area contributed by atoms with Gasteiger partial charge in [0.2, 0.25) is 0 Å². The van der Waals surface area contributed by atoms with Crippen molar-refractivity contribution in [1.29, 1.82) is 0 Å². The van der Waals surface area contributed by atoms with Crippen molar-refractivity contribution >= 4 is 24.2 Å². The summed E-state index contributed by atoms with van der Waals surface area (Å²) in [4.78, 5) is 20.0. The van der Waals surface area contributed by atoms with Gasteiger partial charge in [-0.2, -0.15) is 12.6 Å². The van der Waals surface area contributed by atoms with E-state index in [9.17, 15) is 9.59 Å². The molecule has 0 aliphatic carbocycles. The molecule has 0 spiro atoms. The molecular weight excluding hydrogens is 320 g/mol. The molecule has 5 nitrogen and oxygen atoms in total. The minimum atomic E-state index is -0.125. The van der Waals surface area contributed by atoms with Crippen molar-refractivity contribution in [2.24, 2.45) is 0 Å². The largest absolute Gasteiger partial charge is 0.512 e. The van der Waals surface area contributed by atoms with Crippen LogP contribution in [0.3, 0.4) is 0 Å². The first-order chi connectivity index (χ1) is 8.17. The molecule has 0 aromatic heterocycles. The van der Waals surface area contributed by atoms with Crippen LogP contribution in [-0.4, -0.2) is 39.2 Å². The molecular formula is C12H22CuO5S. The fraction of sp³-hybridized carbons (Fsp3) is 0.500. The molecule has 3 N–H and O–H groups in total. The molecule has 0 atom stereocenters. The van der Waals surface area contributed by atoms with Crippen molar-refractivity contribution in [2.75, 3.05) is 12.4 Å². The van der Waals surface area contributed by atoms with Crippen LogP contribution in [0.5, 0.6) is 0 Å². The van der Waals surface area contributed by atoms with Crippen LogP contribution < -0.4 is 0 Å².